The number of hydrogen-bond donors (Lipinski definition) is 2. The number of fused-ring (bicyclic) bond motifs is 2. The minimum atomic E-state index is -0.896. The third-order valence-electron chi connectivity index (χ3n) is 8.67. The van der Waals surface area contributed by atoms with E-state index in [0.29, 0.717) is 50.8 Å². The zero-order valence-electron chi connectivity index (χ0n) is 23.8. The second kappa shape index (κ2) is 13.7. The number of nitrogens with zero attached hydrogens (tertiary/aromatic N) is 4. The first kappa shape index (κ1) is 29.4. The highest BCUT2D eigenvalue weighted by Crippen LogP contribution is 2.26. The van der Waals surface area contributed by atoms with Gasteiger partial charge in [0.05, 0.1) is 25.9 Å². The van der Waals surface area contributed by atoms with Gasteiger partial charge in [0.15, 0.2) is 0 Å². The molecule has 4 amide bonds. The fraction of sp³-hybridized carbons (Fsp3) is 0.655. The number of nitrogens with one attached hydrogen (secondary N) is 2. The van der Waals surface area contributed by atoms with Gasteiger partial charge in [0.2, 0.25) is 17.7 Å². The molecule has 12 nitrogen and oxygen atoms in total. The van der Waals surface area contributed by atoms with E-state index in [-0.39, 0.29) is 50.0 Å². The van der Waals surface area contributed by atoms with Crippen LogP contribution in [0.4, 0.5) is 0 Å². The quantitative estimate of drug-likeness (QED) is 0.482. The smallest absolute Gasteiger partial charge is 0.251 e. The van der Waals surface area contributed by atoms with Gasteiger partial charge in [0.1, 0.15) is 18.7 Å². The van der Waals surface area contributed by atoms with E-state index in [4.69, 9.17) is 9.47 Å². The molecule has 0 spiro atoms. The Bertz CT molecular complexity index is 1080. The molecule has 4 fully saturated rings. The number of amides is 4. The summed E-state index contributed by atoms with van der Waals surface area (Å²) in [5.74, 6) is -1.14. The zero-order chi connectivity index (χ0) is 28.8. The summed E-state index contributed by atoms with van der Waals surface area (Å²) in [6.45, 7) is 4.75. The lowest BCUT2D eigenvalue weighted by Gasteiger charge is -2.46. The Morgan fingerprint density at radius 1 is 0.902 bits per heavy atom. The van der Waals surface area contributed by atoms with Crippen molar-refractivity contribution in [1.29, 1.82) is 0 Å². The van der Waals surface area contributed by atoms with Crippen molar-refractivity contribution in [2.45, 2.75) is 43.4 Å². The van der Waals surface area contributed by atoms with Gasteiger partial charge in [-0.3, -0.25) is 24.1 Å². The summed E-state index contributed by atoms with van der Waals surface area (Å²) in [6.07, 6.45) is 2.45. The molecule has 1 aromatic carbocycles. The lowest BCUT2D eigenvalue weighted by Crippen LogP contribution is -2.65. The molecule has 0 aliphatic carbocycles. The number of benzene rings is 1. The van der Waals surface area contributed by atoms with Crippen LogP contribution >= 0.6 is 0 Å². The van der Waals surface area contributed by atoms with Crippen LogP contribution in [-0.2, 0) is 23.9 Å². The van der Waals surface area contributed by atoms with Crippen LogP contribution in [0.2, 0.25) is 0 Å². The van der Waals surface area contributed by atoms with Crippen molar-refractivity contribution in [2.75, 3.05) is 79.3 Å². The normalized spacial score (nSPS) is 28.3. The molecule has 0 radical (unpaired) electrons. The summed E-state index contributed by atoms with van der Waals surface area (Å²) in [6, 6.07) is 6.97. The van der Waals surface area contributed by atoms with E-state index < -0.39 is 18.1 Å². The monoisotopic (exact) mass is 570 g/mol. The Labute approximate surface area is 241 Å². The molecular weight excluding hydrogens is 528 g/mol. The van der Waals surface area contributed by atoms with Crippen molar-refractivity contribution in [3.63, 3.8) is 0 Å². The summed E-state index contributed by atoms with van der Waals surface area (Å²) in [5.41, 5.74) is 0.487. The lowest BCUT2D eigenvalue weighted by atomic mass is 10.00. The summed E-state index contributed by atoms with van der Waals surface area (Å²) in [7, 11) is 2.12. The number of piperidine rings is 1. The van der Waals surface area contributed by atoms with Gasteiger partial charge in [0, 0.05) is 44.3 Å². The van der Waals surface area contributed by atoms with E-state index in [2.05, 4.69) is 27.5 Å². The molecule has 4 aliphatic rings. The van der Waals surface area contributed by atoms with E-state index in [1.54, 1.807) is 34.1 Å². The number of piperazine rings is 1. The fourth-order valence-corrected chi connectivity index (χ4v) is 6.37. The van der Waals surface area contributed by atoms with Crippen molar-refractivity contribution in [3.05, 3.63) is 35.9 Å². The summed E-state index contributed by atoms with van der Waals surface area (Å²) < 4.78 is 11.1. The average Bonchev–Trinajstić information content (AvgIpc) is 3.41. The largest absolute Gasteiger partial charge is 0.377 e. The van der Waals surface area contributed by atoms with Gasteiger partial charge in [-0.15, -0.1) is 0 Å². The highest BCUT2D eigenvalue weighted by molar-refractivity contribution is 5.97. The van der Waals surface area contributed by atoms with Gasteiger partial charge in [-0.05, 0) is 51.5 Å². The summed E-state index contributed by atoms with van der Waals surface area (Å²) in [5, 5.41) is 5.88. The Morgan fingerprint density at radius 3 is 2.44 bits per heavy atom. The predicted molar refractivity (Wildman–Crippen MR) is 150 cm³/mol. The van der Waals surface area contributed by atoms with Gasteiger partial charge >= 0.3 is 0 Å². The highest BCUT2D eigenvalue weighted by Gasteiger charge is 2.47. The number of carbonyl (C=O) groups is 4. The third kappa shape index (κ3) is 7.06. The SMILES string of the molecule is CN1CCC(N2CCN3C(=O)COCCOCCNC(=O)[C@@H]4[C@H](NC(=O)c5ccccc5)CCN4C(=O)[C@@H]3C2)CC1. The van der Waals surface area contributed by atoms with E-state index in [0.717, 1.165) is 25.9 Å². The Morgan fingerprint density at radius 2 is 1.66 bits per heavy atom. The molecule has 0 unspecified atom stereocenters. The first-order chi connectivity index (χ1) is 19.9. The molecule has 0 bridgehead atoms. The minimum Gasteiger partial charge on any atom is -0.377 e. The predicted octanol–water partition coefficient (Wildman–Crippen LogP) is -0.844. The molecule has 2 N–H and O–H groups in total. The number of hydrogen-bond acceptors (Lipinski definition) is 8. The number of carbonyl (C=O) groups excluding carboxylic acids is 4. The van der Waals surface area contributed by atoms with Crippen LogP contribution in [0.5, 0.6) is 0 Å². The highest BCUT2D eigenvalue weighted by atomic mass is 16.5. The first-order valence-corrected chi connectivity index (χ1v) is 14.7. The molecule has 4 saturated heterocycles. The molecule has 0 saturated carbocycles. The van der Waals surface area contributed by atoms with Crippen molar-refractivity contribution in [1.82, 2.24) is 30.2 Å². The summed E-state index contributed by atoms with van der Waals surface area (Å²) in [4.78, 5) is 62.0. The number of rotatable bonds is 3. The maximum absolute atomic E-state index is 14.3. The molecule has 5 rings (SSSR count). The fourth-order valence-electron chi connectivity index (χ4n) is 6.37. The van der Waals surface area contributed by atoms with Crippen LogP contribution in [0.25, 0.3) is 0 Å². The molecule has 4 aliphatic heterocycles. The van der Waals surface area contributed by atoms with Crippen LogP contribution in [0.15, 0.2) is 30.3 Å². The Kier molecular flexibility index (Phi) is 9.86. The van der Waals surface area contributed by atoms with Crippen molar-refractivity contribution in [2.24, 2.45) is 0 Å². The van der Waals surface area contributed by atoms with E-state index in [1.165, 1.54) is 0 Å². The number of ether oxygens (including phenoxy) is 2. The van der Waals surface area contributed by atoms with Crippen molar-refractivity contribution in [3.8, 4) is 0 Å². The van der Waals surface area contributed by atoms with Gasteiger partial charge < -0.3 is 34.8 Å². The summed E-state index contributed by atoms with van der Waals surface area (Å²) >= 11 is 0. The van der Waals surface area contributed by atoms with Gasteiger partial charge in [-0.2, -0.15) is 0 Å². The first-order valence-electron chi connectivity index (χ1n) is 14.7. The van der Waals surface area contributed by atoms with Crippen LogP contribution in [0.1, 0.15) is 29.6 Å². The van der Waals surface area contributed by atoms with Gasteiger partial charge in [-0.1, -0.05) is 18.2 Å². The molecule has 224 valence electrons. The number of likely N-dealkylation sites (tertiary alicyclic amines) is 1. The Balaban J connectivity index is 1.39. The Hall–Kier alpha value is -3.06. The minimum absolute atomic E-state index is 0.127. The molecule has 0 aromatic heterocycles. The van der Waals surface area contributed by atoms with Crippen LogP contribution in [-0.4, -0.2) is 147 Å². The second-order valence-corrected chi connectivity index (χ2v) is 11.3. The maximum atomic E-state index is 14.3. The average molecular weight is 571 g/mol. The maximum Gasteiger partial charge on any atom is 0.251 e. The van der Waals surface area contributed by atoms with Gasteiger partial charge in [-0.25, -0.2) is 0 Å². The topological polar surface area (TPSA) is 124 Å². The zero-order valence-corrected chi connectivity index (χ0v) is 23.8. The molecule has 4 heterocycles. The lowest BCUT2D eigenvalue weighted by molar-refractivity contribution is -0.154. The second-order valence-electron chi connectivity index (χ2n) is 11.3. The van der Waals surface area contributed by atoms with E-state index in [9.17, 15) is 19.2 Å². The van der Waals surface area contributed by atoms with Crippen LogP contribution < -0.4 is 10.6 Å². The molecule has 3 atom stereocenters. The molecule has 12 heteroatoms. The standard InChI is InChI=1S/C29H42N6O6/c1-32-11-7-22(8-12-32)33-14-15-34-24(19-33)29(39)35-13-9-23(31-27(37)21-5-3-2-4-6-21)26(35)28(38)30-10-16-40-17-18-41-20-25(34)36/h2-6,22-24,26H,7-20H2,1H3,(H,30,38)(H,31,37)/t23-,24+,26+/m1/s1. The van der Waals surface area contributed by atoms with Crippen LogP contribution in [0, 0.1) is 0 Å². The van der Waals surface area contributed by atoms with E-state index >= 15 is 0 Å². The van der Waals surface area contributed by atoms with Crippen LogP contribution in [0.3, 0.4) is 0 Å². The van der Waals surface area contributed by atoms with E-state index in [1.807, 2.05) is 6.07 Å². The third-order valence-corrected chi connectivity index (χ3v) is 8.67. The van der Waals surface area contributed by atoms with Crippen molar-refractivity contribution < 1.29 is 28.7 Å². The molecule has 1 aromatic rings. The molecular formula is C29H42N6O6. The van der Waals surface area contributed by atoms with Gasteiger partial charge in [0.25, 0.3) is 5.91 Å². The molecule has 41 heavy (non-hydrogen) atoms. The van der Waals surface area contributed by atoms with Crippen molar-refractivity contribution >= 4 is 23.6 Å².